The van der Waals surface area contributed by atoms with Crippen LogP contribution in [0.1, 0.15) is 55.7 Å². The van der Waals surface area contributed by atoms with Crippen LogP contribution >= 0.6 is 0 Å². The Labute approximate surface area is 194 Å². The van der Waals surface area contributed by atoms with Crippen molar-refractivity contribution >= 4 is 6.34 Å². The maximum atomic E-state index is 13.6. The molecule has 1 saturated carbocycles. The first-order chi connectivity index (χ1) is 15.5. The van der Waals surface area contributed by atoms with E-state index in [2.05, 4.69) is 29.5 Å². The molecule has 0 bridgehead atoms. The van der Waals surface area contributed by atoms with Gasteiger partial charge in [-0.05, 0) is 61.8 Å². The normalized spacial score (nSPS) is 23.9. The molecule has 1 N–H and O–H groups in total. The lowest BCUT2D eigenvalue weighted by molar-refractivity contribution is -0.137. The molecule has 3 rings (SSSR count). The number of benzene rings is 1. The van der Waals surface area contributed by atoms with Gasteiger partial charge in [0.05, 0.1) is 29.7 Å². The Balaban J connectivity index is 2.17. The maximum Gasteiger partial charge on any atom is 0.416 e. The first-order valence-electron chi connectivity index (χ1n) is 11.2. The summed E-state index contributed by atoms with van der Waals surface area (Å²) in [6, 6.07) is 6.64. The maximum absolute atomic E-state index is 13.6. The fourth-order valence-corrected chi connectivity index (χ4v) is 4.86. The molecule has 0 spiro atoms. The van der Waals surface area contributed by atoms with Crippen LogP contribution in [0.4, 0.5) is 13.2 Å². The highest BCUT2D eigenvalue weighted by atomic mass is 19.4. The van der Waals surface area contributed by atoms with Gasteiger partial charge in [0.1, 0.15) is 6.07 Å². The van der Waals surface area contributed by atoms with Crippen LogP contribution in [-0.2, 0) is 11.6 Å². The number of hydrogen-bond acceptors (Lipinski definition) is 4. The molecule has 4 nitrogen and oxygen atoms in total. The molecule has 0 aromatic heterocycles. The fourth-order valence-electron chi connectivity index (χ4n) is 4.86. The zero-order chi connectivity index (χ0) is 24.4. The molecule has 1 heterocycles. The Morgan fingerprint density at radius 3 is 2.52 bits per heavy atom. The van der Waals surface area contributed by atoms with E-state index in [1.807, 2.05) is 24.9 Å². The molecule has 0 amide bonds. The summed E-state index contributed by atoms with van der Waals surface area (Å²) in [5.74, 6) is 0. The minimum Gasteiger partial charge on any atom is -0.370 e. The molecule has 0 radical (unpaired) electrons. The third-order valence-electron chi connectivity index (χ3n) is 6.94. The van der Waals surface area contributed by atoms with Crippen LogP contribution in [0.15, 0.2) is 58.9 Å². The zero-order valence-electron chi connectivity index (χ0n) is 19.5. The predicted molar refractivity (Wildman–Crippen MR) is 126 cm³/mol. The summed E-state index contributed by atoms with van der Waals surface area (Å²) >= 11 is 0. The van der Waals surface area contributed by atoms with Crippen molar-refractivity contribution in [3.8, 4) is 6.07 Å². The van der Waals surface area contributed by atoms with Gasteiger partial charge in [0.15, 0.2) is 0 Å². The summed E-state index contributed by atoms with van der Waals surface area (Å²) in [6.07, 6.45) is 0.907. The van der Waals surface area contributed by atoms with Crippen LogP contribution in [-0.4, -0.2) is 30.9 Å². The first-order valence-corrected chi connectivity index (χ1v) is 11.2. The van der Waals surface area contributed by atoms with E-state index in [0.717, 1.165) is 31.3 Å². The van der Waals surface area contributed by atoms with Crippen molar-refractivity contribution in [2.45, 2.75) is 63.6 Å². The number of halogens is 3. The zero-order valence-corrected chi connectivity index (χ0v) is 19.5. The summed E-state index contributed by atoms with van der Waals surface area (Å²) in [4.78, 5) is 6.32. The molecular formula is C26H31F3N4. The third kappa shape index (κ3) is 5.16. The van der Waals surface area contributed by atoms with E-state index in [4.69, 9.17) is 0 Å². The Morgan fingerprint density at radius 1 is 1.24 bits per heavy atom. The quantitative estimate of drug-likeness (QED) is 0.606. The SMILES string of the molecule is C=C1NC=NCC(C)N(C)C(=C)/C(CC2(c3cc(C)cc(C(F)(F)F)c3)CCCC2)=C/1C#N. The van der Waals surface area contributed by atoms with E-state index in [9.17, 15) is 18.4 Å². The average molecular weight is 457 g/mol. The highest BCUT2D eigenvalue weighted by Gasteiger charge is 2.40. The molecule has 1 aliphatic heterocycles. The van der Waals surface area contributed by atoms with E-state index < -0.39 is 17.2 Å². The van der Waals surface area contributed by atoms with Crippen LogP contribution in [0.25, 0.3) is 0 Å². The highest BCUT2D eigenvalue weighted by Crippen LogP contribution is 2.49. The number of aryl methyl sites for hydroxylation is 1. The van der Waals surface area contributed by atoms with Crippen molar-refractivity contribution in [3.63, 3.8) is 0 Å². The molecule has 176 valence electrons. The van der Waals surface area contributed by atoms with Gasteiger partial charge in [0.25, 0.3) is 0 Å². The first kappa shape index (κ1) is 24.6. The number of allylic oxidation sites excluding steroid dienone is 2. The summed E-state index contributed by atoms with van der Waals surface area (Å²) in [6.45, 7) is 12.5. The summed E-state index contributed by atoms with van der Waals surface area (Å²) in [5.41, 5.74) is 2.30. The van der Waals surface area contributed by atoms with Gasteiger partial charge in [-0.25, -0.2) is 0 Å². The van der Waals surface area contributed by atoms with Crippen molar-refractivity contribution in [1.29, 1.82) is 5.26 Å². The second kappa shape index (κ2) is 9.46. The molecule has 2 aliphatic rings. The number of nitriles is 1. The minimum absolute atomic E-state index is 0.0344. The predicted octanol–water partition coefficient (Wildman–Crippen LogP) is 6.02. The fraction of sp³-hybridized carbons (Fsp3) is 0.462. The second-order valence-electron chi connectivity index (χ2n) is 9.24. The standard InChI is InChI=1S/C26H31F3N4/c1-17-10-21(12-22(11-17)26(27,28)29)25(8-6-7-9-25)13-23-20(4)33(5)18(2)15-31-16-32-19(3)24(23)14-30/h10-12,16,18H,3-4,6-9,13,15H2,1-2,5H3,(H,31,32)/b24-23+. The number of hydrogen-bond donors (Lipinski definition) is 1. The smallest absolute Gasteiger partial charge is 0.370 e. The molecule has 1 fully saturated rings. The van der Waals surface area contributed by atoms with Crippen LogP contribution < -0.4 is 5.32 Å². The van der Waals surface area contributed by atoms with E-state index in [0.29, 0.717) is 41.1 Å². The second-order valence-corrected chi connectivity index (χ2v) is 9.24. The molecule has 33 heavy (non-hydrogen) atoms. The topological polar surface area (TPSA) is 51.4 Å². The third-order valence-corrected chi connectivity index (χ3v) is 6.94. The Kier molecular flexibility index (Phi) is 7.06. The lowest BCUT2D eigenvalue weighted by Crippen LogP contribution is -2.34. The summed E-state index contributed by atoms with van der Waals surface area (Å²) < 4.78 is 40.9. The van der Waals surface area contributed by atoms with Gasteiger partial charge in [-0.3, -0.25) is 4.99 Å². The highest BCUT2D eigenvalue weighted by molar-refractivity contribution is 5.63. The number of aliphatic imine (C=N–C) groups is 1. The summed E-state index contributed by atoms with van der Waals surface area (Å²) in [7, 11) is 1.91. The van der Waals surface area contributed by atoms with Crippen molar-refractivity contribution in [3.05, 3.63) is 70.6 Å². The summed E-state index contributed by atoms with van der Waals surface area (Å²) in [5, 5.41) is 13.0. The van der Waals surface area contributed by atoms with Crippen LogP contribution in [0.3, 0.4) is 0 Å². The molecule has 1 aromatic carbocycles. The van der Waals surface area contributed by atoms with Gasteiger partial charge in [-0.15, -0.1) is 0 Å². The van der Waals surface area contributed by atoms with Gasteiger partial charge in [-0.1, -0.05) is 37.6 Å². The van der Waals surface area contributed by atoms with Crippen LogP contribution in [0.2, 0.25) is 0 Å². The largest absolute Gasteiger partial charge is 0.416 e. The lowest BCUT2D eigenvalue weighted by Gasteiger charge is -2.36. The van der Waals surface area contributed by atoms with Crippen molar-refractivity contribution in [1.82, 2.24) is 10.2 Å². The number of nitrogens with zero attached hydrogens (tertiary/aromatic N) is 3. The molecule has 1 unspecified atom stereocenters. The lowest BCUT2D eigenvalue weighted by atomic mass is 9.72. The number of nitrogens with one attached hydrogen (secondary N) is 1. The number of alkyl halides is 3. The Morgan fingerprint density at radius 2 is 1.91 bits per heavy atom. The number of likely N-dealkylation sites (N-methyl/N-ethyl adjacent to an activating group) is 1. The van der Waals surface area contributed by atoms with E-state index in [1.165, 1.54) is 18.5 Å². The van der Waals surface area contributed by atoms with E-state index in [-0.39, 0.29) is 6.04 Å². The van der Waals surface area contributed by atoms with Crippen LogP contribution in [0, 0.1) is 18.3 Å². The van der Waals surface area contributed by atoms with Gasteiger partial charge in [0.2, 0.25) is 0 Å². The molecule has 0 saturated heterocycles. The number of rotatable bonds is 3. The average Bonchev–Trinajstić information content (AvgIpc) is 3.23. The van der Waals surface area contributed by atoms with Crippen LogP contribution in [0.5, 0.6) is 0 Å². The van der Waals surface area contributed by atoms with E-state index >= 15 is 0 Å². The van der Waals surface area contributed by atoms with Gasteiger partial charge >= 0.3 is 6.18 Å². The molecule has 1 atom stereocenters. The molecule has 7 heteroatoms. The molecule has 1 aromatic rings. The van der Waals surface area contributed by atoms with Crippen molar-refractivity contribution in [2.75, 3.05) is 13.6 Å². The minimum atomic E-state index is -4.41. The monoisotopic (exact) mass is 456 g/mol. The molecular weight excluding hydrogens is 425 g/mol. The van der Waals surface area contributed by atoms with Gasteiger partial charge in [-0.2, -0.15) is 18.4 Å². The van der Waals surface area contributed by atoms with Gasteiger partial charge in [0, 0.05) is 18.8 Å². The Hall–Kier alpha value is -3.01. The van der Waals surface area contributed by atoms with Crippen molar-refractivity contribution < 1.29 is 13.2 Å². The van der Waals surface area contributed by atoms with E-state index in [1.54, 1.807) is 6.92 Å². The molecule has 1 aliphatic carbocycles. The Bertz CT molecular complexity index is 1040. The van der Waals surface area contributed by atoms with Gasteiger partial charge < -0.3 is 10.2 Å². The van der Waals surface area contributed by atoms with Crippen molar-refractivity contribution in [2.24, 2.45) is 4.99 Å².